The van der Waals surface area contributed by atoms with Crippen LogP contribution in [0.5, 0.6) is 0 Å². The molecule has 3 rings (SSSR count). The fourth-order valence-corrected chi connectivity index (χ4v) is 3.60. The Labute approximate surface area is 110 Å². The Bertz CT molecular complexity index is 529. The molecule has 0 aromatic carbocycles. The first-order valence-electron chi connectivity index (χ1n) is 6.14. The fourth-order valence-electron chi connectivity index (χ4n) is 2.54. The number of fused-ring (bicyclic) bond motifs is 1. The van der Waals surface area contributed by atoms with Gasteiger partial charge in [0.05, 0.1) is 0 Å². The molecule has 0 bridgehead atoms. The molecule has 0 unspecified atom stereocenters. The SMILES string of the molecule is CC1CCC(c2nc(Cl)c3ccsc3n2)CC1. The Hall–Kier alpha value is -0.670. The molecule has 2 aromatic rings. The lowest BCUT2D eigenvalue weighted by Crippen LogP contribution is -2.13. The molecule has 0 amide bonds. The summed E-state index contributed by atoms with van der Waals surface area (Å²) in [5, 5.41) is 3.63. The molecule has 1 saturated carbocycles. The van der Waals surface area contributed by atoms with Gasteiger partial charge in [-0.2, -0.15) is 0 Å². The maximum absolute atomic E-state index is 6.21. The number of halogens is 1. The van der Waals surface area contributed by atoms with Crippen LogP contribution in [0.4, 0.5) is 0 Å². The lowest BCUT2D eigenvalue weighted by molar-refractivity contribution is 0.340. The molecule has 0 spiro atoms. The first kappa shape index (κ1) is 11.4. The second kappa shape index (κ2) is 4.54. The van der Waals surface area contributed by atoms with Crippen molar-refractivity contribution >= 4 is 33.2 Å². The van der Waals surface area contributed by atoms with Gasteiger partial charge >= 0.3 is 0 Å². The van der Waals surface area contributed by atoms with Crippen LogP contribution in [0.3, 0.4) is 0 Å². The third-order valence-corrected chi connectivity index (χ3v) is 4.77. The van der Waals surface area contributed by atoms with Crippen LogP contribution in [-0.4, -0.2) is 9.97 Å². The van der Waals surface area contributed by atoms with Crippen LogP contribution in [0.25, 0.3) is 10.2 Å². The molecule has 90 valence electrons. The smallest absolute Gasteiger partial charge is 0.141 e. The molecule has 2 heterocycles. The van der Waals surface area contributed by atoms with Crippen LogP contribution in [0.15, 0.2) is 11.4 Å². The first-order chi connectivity index (χ1) is 8.24. The molecule has 4 heteroatoms. The minimum Gasteiger partial charge on any atom is -0.222 e. The molecular formula is C13H15ClN2S. The van der Waals surface area contributed by atoms with E-state index in [-0.39, 0.29) is 0 Å². The van der Waals surface area contributed by atoms with E-state index >= 15 is 0 Å². The van der Waals surface area contributed by atoms with Crippen molar-refractivity contribution in [3.8, 4) is 0 Å². The molecule has 2 aromatic heterocycles. The van der Waals surface area contributed by atoms with Crippen LogP contribution in [0.2, 0.25) is 5.15 Å². The summed E-state index contributed by atoms with van der Waals surface area (Å²) in [5.74, 6) is 2.32. The van der Waals surface area contributed by atoms with Gasteiger partial charge in [0.1, 0.15) is 15.8 Å². The lowest BCUT2D eigenvalue weighted by Gasteiger charge is -2.24. The van der Waals surface area contributed by atoms with Gasteiger partial charge in [0, 0.05) is 11.3 Å². The lowest BCUT2D eigenvalue weighted by atomic mass is 9.82. The summed E-state index contributed by atoms with van der Waals surface area (Å²) >= 11 is 7.85. The number of hydrogen-bond acceptors (Lipinski definition) is 3. The summed E-state index contributed by atoms with van der Waals surface area (Å²) in [6, 6.07) is 2.00. The van der Waals surface area contributed by atoms with Gasteiger partial charge in [-0.3, -0.25) is 0 Å². The van der Waals surface area contributed by atoms with E-state index in [0.717, 1.165) is 22.0 Å². The van der Waals surface area contributed by atoms with Crippen LogP contribution < -0.4 is 0 Å². The summed E-state index contributed by atoms with van der Waals surface area (Å²) in [6.45, 7) is 2.33. The van der Waals surface area contributed by atoms with Crippen LogP contribution >= 0.6 is 22.9 Å². The predicted octanol–water partition coefficient (Wildman–Crippen LogP) is 4.64. The predicted molar refractivity (Wildman–Crippen MR) is 72.8 cm³/mol. The van der Waals surface area contributed by atoms with Crippen molar-refractivity contribution in [1.82, 2.24) is 9.97 Å². The first-order valence-corrected chi connectivity index (χ1v) is 7.40. The van der Waals surface area contributed by atoms with Crippen LogP contribution in [0.1, 0.15) is 44.3 Å². The number of rotatable bonds is 1. The van der Waals surface area contributed by atoms with E-state index in [4.69, 9.17) is 11.6 Å². The molecule has 0 atom stereocenters. The minimum atomic E-state index is 0.509. The minimum absolute atomic E-state index is 0.509. The topological polar surface area (TPSA) is 25.8 Å². The van der Waals surface area contributed by atoms with E-state index in [1.165, 1.54) is 25.7 Å². The molecule has 0 radical (unpaired) electrons. The fraction of sp³-hybridized carbons (Fsp3) is 0.538. The molecule has 1 aliphatic rings. The van der Waals surface area contributed by atoms with Gasteiger partial charge in [0.15, 0.2) is 0 Å². The maximum Gasteiger partial charge on any atom is 0.141 e. The van der Waals surface area contributed by atoms with Crippen LogP contribution in [0, 0.1) is 5.92 Å². The van der Waals surface area contributed by atoms with E-state index < -0.39 is 0 Å². The zero-order valence-electron chi connectivity index (χ0n) is 9.82. The number of aromatic nitrogens is 2. The molecule has 0 saturated heterocycles. The third kappa shape index (κ3) is 2.18. The van der Waals surface area contributed by atoms with Crippen molar-refractivity contribution < 1.29 is 0 Å². The average molecular weight is 267 g/mol. The van der Waals surface area contributed by atoms with E-state index in [1.54, 1.807) is 11.3 Å². The molecule has 2 nitrogen and oxygen atoms in total. The van der Waals surface area contributed by atoms with Crippen molar-refractivity contribution in [2.24, 2.45) is 5.92 Å². The quantitative estimate of drug-likeness (QED) is 0.703. The highest BCUT2D eigenvalue weighted by molar-refractivity contribution is 7.16. The largest absolute Gasteiger partial charge is 0.222 e. The standard InChI is InChI=1S/C13H15ClN2S/c1-8-2-4-9(5-3-8)12-15-11(14)10-6-7-17-13(10)16-12/h6-9H,2-5H2,1H3. The zero-order chi connectivity index (χ0) is 11.8. The Kier molecular flexibility index (Phi) is 3.05. The monoisotopic (exact) mass is 266 g/mol. The molecule has 1 fully saturated rings. The van der Waals surface area contributed by atoms with Crippen LogP contribution in [-0.2, 0) is 0 Å². The molecule has 1 aliphatic carbocycles. The molecule has 17 heavy (non-hydrogen) atoms. The van der Waals surface area contributed by atoms with Gasteiger partial charge < -0.3 is 0 Å². The maximum atomic E-state index is 6.21. The number of thiophene rings is 1. The van der Waals surface area contributed by atoms with Crippen molar-refractivity contribution in [3.63, 3.8) is 0 Å². The molecular weight excluding hydrogens is 252 g/mol. The Morgan fingerprint density at radius 3 is 2.76 bits per heavy atom. The highest BCUT2D eigenvalue weighted by atomic mass is 35.5. The number of hydrogen-bond donors (Lipinski definition) is 0. The second-order valence-corrected chi connectivity index (χ2v) is 6.22. The second-order valence-electron chi connectivity index (χ2n) is 4.97. The van der Waals surface area contributed by atoms with Crippen molar-refractivity contribution in [3.05, 3.63) is 22.4 Å². The Morgan fingerprint density at radius 2 is 2.00 bits per heavy atom. The summed E-state index contributed by atoms with van der Waals surface area (Å²) in [7, 11) is 0. The highest BCUT2D eigenvalue weighted by Gasteiger charge is 2.23. The van der Waals surface area contributed by atoms with Crippen molar-refractivity contribution in [2.45, 2.75) is 38.5 Å². The summed E-state index contributed by atoms with van der Waals surface area (Å²) in [5.41, 5.74) is 0. The van der Waals surface area contributed by atoms with E-state index in [0.29, 0.717) is 11.1 Å². The zero-order valence-corrected chi connectivity index (χ0v) is 11.4. The van der Waals surface area contributed by atoms with Gasteiger partial charge in [0.2, 0.25) is 0 Å². The third-order valence-electron chi connectivity index (χ3n) is 3.68. The van der Waals surface area contributed by atoms with Crippen molar-refractivity contribution in [1.29, 1.82) is 0 Å². The Morgan fingerprint density at radius 1 is 1.24 bits per heavy atom. The van der Waals surface area contributed by atoms with Gasteiger partial charge in [-0.15, -0.1) is 11.3 Å². The van der Waals surface area contributed by atoms with Gasteiger partial charge in [0.25, 0.3) is 0 Å². The number of nitrogens with zero attached hydrogens (tertiary/aromatic N) is 2. The van der Waals surface area contributed by atoms with Gasteiger partial charge in [-0.1, -0.05) is 31.4 Å². The normalized spacial score (nSPS) is 25.3. The molecule has 0 aliphatic heterocycles. The Balaban J connectivity index is 1.94. The van der Waals surface area contributed by atoms with Gasteiger partial charge in [-0.25, -0.2) is 9.97 Å². The highest BCUT2D eigenvalue weighted by Crippen LogP contribution is 2.36. The van der Waals surface area contributed by atoms with E-state index in [1.807, 2.05) is 11.4 Å². The summed E-state index contributed by atoms with van der Waals surface area (Å²) < 4.78 is 0. The van der Waals surface area contributed by atoms with Gasteiger partial charge in [-0.05, 0) is 30.2 Å². The summed E-state index contributed by atoms with van der Waals surface area (Å²) in [4.78, 5) is 10.2. The molecule has 0 N–H and O–H groups in total. The summed E-state index contributed by atoms with van der Waals surface area (Å²) in [6.07, 6.45) is 4.98. The van der Waals surface area contributed by atoms with E-state index in [2.05, 4.69) is 16.9 Å². The van der Waals surface area contributed by atoms with Crippen molar-refractivity contribution in [2.75, 3.05) is 0 Å². The van der Waals surface area contributed by atoms with E-state index in [9.17, 15) is 0 Å². The average Bonchev–Trinajstić information content (AvgIpc) is 2.78.